The maximum atomic E-state index is 13.9. The number of hydrogen-bond acceptors (Lipinski definition) is 5. The zero-order chi connectivity index (χ0) is 19.8. The average Bonchev–Trinajstić information content (AvgIpc) is 2.89. The highest BCUT2D eigenvalue weighted by Crippen LogP contribution is 2.33. The maximum absolute atomic E-state index is 13.9. The molecule has 2 aromatic rings. The number of amides is 1. The van der Waals surface area contributed by atoms with E-state index in [0.717, 1.165) is 0 Å². The molecule has 0 bridgehead atoms. The van der Waals surface area contributed by atoms with Gasteiger partial charge in [0.15, 0.2) is 5.78 Å². The minimum Gasteiger partial charge on any atom is -0.385 e. The Bertz CT molecular complexity index is 885. The summed E-state index contributed by atoms with van der Waals surface area (Å²) in [7, 11) is 0. The molecule has 0 saturated carbocycles. The molecular formula is C19H23FN4O3. The molecule has 1 amide bonds. The summed E-state index contributed by atoms with van der Waals surface area (Å²) in [6, 6.07) is 3.11. The Hall–Kier alpha value is -2.61. The number of halogens is 1. The first-order valence-electron chi connectivity index (χ1n) is 8.89. The molecule has 1 fully saturated rings. The third kappa shape index (κ3) is 3.62. The number of rotatable bonds is 4. The van der Waals surface area contributed by atoms with Crippen LogP contribution >= 0.6 is 0 Å². The van der Waals surface area contributed by atoms with Crippen LogP contribution in [0, 0.1) is 19.8 Å². The van der Waals surface area contributed by atoms with Gasteiger partial charge in [-0.1, -0.05) is 6.07 Å². The standard InChI is InChI=1S/C19H23FN4O3/c1-12-17(14(3)25)13(2)24(22-12)11-16(26)23-9-6-19(27,7-10-23)15-5-4-8-21-18(15)20/h4-5,8,27H,6-7,9-11H2,1-3H3. The van der Waals surface area contributed by atoms with E-state index in [1.807, 2.05) is 0 Å². The molecule has 0 aliphatic carbocycles. The van der Waals surface area contributed by atoms with Crippen LogP contribution in [-0.2, 0) is 16.9 Å². The molecule has 8 heteroatoms. The number of Topliss-reactive ketones (excluding diaryl/α,β-unsaturated/α-hetero) is 1. The monoisotopic (exact) mass is 374 g/mol. The Labute approximate surface area is 156 Å². The van der Waals surface area contributed by atoms with Gasteiger partial charge in [0.2, 0.25) is 11.9 Å². The zero-order valence-electron chi connectivity index (χ0n) is 15.7. The molecule has 0 radical (unpaired) electrons. The number of ketones is 1. The molecule has 0 unspecified atom stereocenters. The van der Waals surface area contributed by atoms with Crippen LogP contribution in [0.3, 0.4) is 0 Å². The Kier molecular flexibility index (Phi) is 5.10. The van der Waals surface area contributed by atoms with Crippen molar-refractivity contribution in [1.82, 2.24) is 19.7 Å². The number of carbonyl (C=O) groups excluding carboxylic acids is 2. The van der Waals surface area contributed by atoms with Crippen LogP contribution in [0.15, 0.2) is 18.3 Å². The van der Waals surface area contributed by atoms with Gasteiger partial charge in [0.25, 0.3) is 0 Å². The van der Waals surface area contributed by atoms with E-state index in [9.17, 15) is 19.1 Å². The fourth-order valence-corrected chi connectivity index (χ4v) is 3.72. The van der Waals surface area contributed by atoms with Crippen LogP contribution in [0.25, 0.3) is 0 Å². The first-order valence-corrected chi connectivity index (χ1v) is 8.89. The minimum absolute atomic E-state index is 0.0274. The van der Waals surface area contributed by atoms with Gasteiger partial charge in [-0.2, -0.15) is 9.49 Å². The van der Waals surface area contributed by atoms with Gasteiger partial charge in [0, 0.05) is 30.5 Å². The van der Waals surface area contributed by atoms with E-state index in [1.54, 1.807) is 24.8 Å². The van der Waals surface area contributed by atoms with Crippen molar-refractivity contribution < 1.29 is 19.1 Å². The van der Waals surface area contributed by atoms with Crippen molar-refractivity contribution in [2.75, 3.05) is 13.1 Å². The van der Waals surface area contributed by atoms with Gasteiger partial charge in [-0.25, -0.2) is 4.98 Å². The van der Waals surface area contributed by atoms with E-state index in [0.29, 0.717) is 30.0 Å². The van der Waals surface area contributed by atoms with Crippen LogP contribution in [0.4, 0.5) is 4.39 Å². The highest BCUT2D eigenvalue weighted by Gasteiger charge is 2.37. The third-order valence-electron chi connectivity index (χ3n) is 5.22. The first-order chi connectivity index (χ1) is 12.7. The lowest BCUT2D eigenvalue weighted by atomic mass is 9.85. The van der Waals surface area contributed by atoms with Crippen molar-refractivity contribution in [3.8, 4) is 0 Å². The summed E-state index contributed by atoms with van der Waals surface area (Å²) in [5, 5.41) is 15.1. The van der Waals surface area contributed by atoms with Crippen LogP contribution in [-0.4, -0.2) is 49.6 Å². The topological polar surface area (TPSA) is 88.3 Å². The Morgan fingerprint density at radius 3 is 2.52 bits per heavy atom. The zero-order valence-corrected chi connectivity index (χ0v) is 15.7. The van der Waals surface area contributed by atoms with Crippen molar-refractivity contribution in [1.29, 1.82) is 0 Å². The molecule has 3 heterocycles. The quantitative estimate of drug-likeness (QED) is 0.651. The lowest BCUT2D eigenvalue weighted by molar-refractivity contribution is -0.136. The Morgan fingerprint density at radius 2 is 1.96 bits per heavy atom. The van der Waals surface area contributed by atoms with E-state index < -0.39 is 11.5 Å². The fourth-order valence-electron chi connectivity index (χ4n) is 3.72. The highest BCUT2D eigenvalue weighted by molar-refractivity contribution is 5.96. The smallest absolute Gasteiger partial charge is 0.244 e. The summed E-state index contributed by atoms with van der Waals surface area (Å²) in [4.78, 5) is 29.6. The van der Waals surface area contributed by atoms with Gasteiger partial charge in [-0.15, -0.1) is 0 Å². The van der Waals surface area contributed by atoms with Crippen molar-refractivity contribution in [3.63, 3.8) is 0 Å². The van der Waals surface area contributed by atoms with Crippen molar-refractivity contribution in [2.24, 2.45) is 0 Å². The number of carbonyl (C=O) groups is 2. The average molecular weight is 374 g/mol. The van der Waals surface area contributed by atoms with Gasteiger partial charge in [-0.05, 0) is 39.7 Å². The van der Waals surface area contributed by atoms with Gasteiger partial charge >= 0.3 is 0 Å². The SMILES string of the molecule is CC(=O)c1c(C)nn(CC(=O)N2CCC(O)(c3cccnc3F)CC2)c1C. The number of aromatic nitrogens is 3. The molecule has 1 N–H and O–H groups in total. The lowest BCUT2D eigenvalue weighted by Crippen LogP contribution is -2.46. The van der Waals surface area contributed by atoms with E-state index in [-0.39, 0.29) is 36.6 Å². The van der Waals surface area contributed by atoms with E-state index >= 15 is 0 Å². The molecule has 0 atom stereocenters. The summed E-state index contributed by atoms with van der Waals surface area (Å²) in [6.45, 7) is 5.63. The predicted molar refractivity (Wildman–Crippen MR) is 95.6 cm³/mol. The van der Waals surface area contributed by atoms with Gasteiger partial charge < -0.3 is 10.0 Å². The summed E-state index contributed by atoms with van der Waals surface area (Å²) in [5.74, 6) is -0.908. The molecule has 1 aliphatic rings. The minimum atomic E-state index is -1.32. The maximum Gasteiger partial charge on any atom is 0.244 e. The number of pyridine rings is 1. The fraction of sp³-hybridized carbons (Fsp3) is 0.474. The number of aliphatic hydroxyl groups is 1. The van der Waals surface area contributed by atoms with E-state index in [4.69, 9.17) is 0 Å². The number of hydrogen-bond donors (Lipinski definition) is 1. The summed E-state index contributed by atoms with van der Waals surface area (Å²) < 4.78 is 15.5. The van der Waals surface area contributed by atoms with Crippen molar-refractivity contribution >= 4 is 11.7 Å². The van der Waals surface area contributed by atoms with Crippen LogP contribution in [0.2, 0.25) is 0 Å². The molecular weight excluding hydrogens is 351 g/mol. The first kappa shape index (κ1) is 19.2. The van der Waals surface area contributed by atoms with Gasteiger partial charge in [0.05, 0.1) is 16.9 Å². The second kappa shape index (κ2) is 7.19. The van der Waals surface area contributed by atoms with Crippen molar-refractivity contribution in [2.45, 2.75) is 45.8 Å². The van der Waals surface area contributed by atoms with E-state index in [2.05, 4.69) is 10.1 Å². The third-order valence-corrected chi connectivity index (χ3v) is 5.22. The van der Waals surface area contributed by atoms with E-state index in [1.165, 1.54) is 23.9 Å². The molecule has 7 nitrogen and oxygen atoms in total. The number of aryl methyl sites for hydroxylation is 1. The molecule has 3 rings (SSSR count). The second-order valence-electron chi connectivity index (χ2n) is 7.01. The molecule has 0 spiro atoms. The molecule has 0 aromatic carbocycles. The molecule has 1 aliphatic heterocycles. The largest absolute Gasteiger partial charge is 0.385 e. The molecule has 2 aromatic heterocycles. The number of likely N-dealkylation sites (tertiary alicyclic amines) is 1. The van der Waals surface area contributed by atoms with Gasteiger partial charge in [-0.3, -0.25) is 14.3 Å². The number of nitrogens with zero attached hydrogens (tertiary/aromatic N) is 4. The Morgan fingerprint density at radius 1 is 1.30 bits per heavy atom. The second-order valence-corrected chi connectivity index (χ2v) is 7.01. The van der Waals surface area contributed by atoms with Crippen molar-refractivity contribution in [3.05, 3.63) is 46.8 Å². The molecule has 1 saturated heterocycles. The predicted octanol–water partition coefficient (Wildman–Crippen LogP) is 1.75. The normalized spacial score (nSPS) is 16.4. The number of piperidine rings is 1. The lowest BCUT2D eigenvalue weighted by Gasteiger charge is -2.38. The summed E-state index contributed by atoms with van der Waals surface area (Å²) in [6.07, 6.45) is 1.80. The Balaban J connectivity index is 1.68. The molecule has 27 heavy (non-hydrogen) atoms. The van der Waals surface area contributed by atoms with Crippen LogP contribution in [0.5, 0.6) is 0 Å². The summed E-state index contributed by atoms with van der Waals surface area (Å²) >= 11 is 0. The van der Waals surface area contributed by atoms with Crippen LogP contribution < -0.4 is 0 Å². The highest BCUT2D eigenvalue weighted by atomic mass is 19.1. The summed E-state index contributed by atoms with van der Waals surface area (Å²) in [5.41, 5.74) is 0.659. The van der Waals surface area contributed by atoms with Crippen LogP contribution in [0.1, 0.15) is 47.1 Å². The molecule has 144 valence electrons. The van der Waals surface area contributed by atoms with Gasteiger partial charge in [0.1, 0.15) is 6.54 Å².